The number of hydrogen-bond donors (Lipinski definition) is 2. The highest BCUT2D eigenvalue weighted by Crippen LogP contribution is 2.55. The first-order valence-electron chi connectivity index (χ1n) is 10.1. The second-order valence-corrected chi connectivity index (χ2v) is 9.19. The number of piperidine rings is 1. The van der Waals surface area contributed by atoms with Crippen molar-refractivity contribution in [3.8, 4) is 0 Å². The van der Waals surface area contributed by atoms with Crippen LogP contribution in [0.25, 0.3) is 0 Å². The Balaban J connectivity index is 1.24. The van der Waals surface area contributed by atoms with E-state index in [2.05, 4.69) is 20.9 Å². The van der Waals surface area contributed by atoms with Crippen molar-refractivity contribution in [3.05, 3.63) is 11.9 Å². The van der Waals surface area contributed by atoms with Crippen LogP contribution in [0.3, 0.4) is 0 Å². The van der Waals surface area contributed by atoms with Crippen molar-refractivity contribution in [1.82, 2.24) is 25.6 Å². The Morgan fingerprint density at radius 2 is 1.96 bits per heavy atom. The molecule has 0 radical (unpaired) electrons. The molecular weight excluding hydrogens is 314 g/mol. The number of nitrogens with zero attached hydrogens (tertiary/aromatic N) is 3. The molecule has 1 saturated heterocycles. The zero-order chi connectivity index (χ0) is 16.9. The highest BCUT2D eigenvalue weighted by molar-refractivity contribution is 5.92. The molecule has 1 aromatic rings. The molecule has 6 nitrogen and oxygen atoms in total. The molecule has 2 N–H and O–H groups in total. The van der Waals surface area contributed by atoms with Crippen LogP contribution < -0.4 is 10.6 Å². The highest BCUT2D eigenvalue weighted by atomic mass is 16.2. The van der Waals surface area contributed by atoms with Gasteiger partial charge in [-0.15, -0.1) is 5.10 Å². The monoisotopic (exact) mass is 343 g/mol. The molecule has 0 spiro atoms. The number of hydrogen-bond acceptors (Lipinski definition) is 4. The summed E-state index contributed by atoms with van der Waals surface area (Å²) in [6, 6.07) is 0. The maximum Gasteiger partial charge on any atom is 0.273 e. The summed E-state index contributed by atoms with van der Waals surface area (Å²) in [5.74, 6) is 3.08. The quantitative estimate of drug-likeness (QED) is 0.877. The molecule has 6 heteroatoms. The predicted octanol–water partition coefficient (Wildman–Crippen LogP) is 1.98. The Hall–Kier alpha value is -1.43. The third-order valence-electron chi connectivity index (χ3n) is 7.03. The molecule has 0 unspecified atom stereocenters. The van der Waals surface area contributed by atoms with Gasteiger partial charge in [0.2, 0.25) is 0 Å². The van der Waals surface area contributed by atoms with E-state index in [0.29, 0.717) is 11.6 Å². The number of amides is 1. The van der Waals surface area contributed by atoms with Crippen LogP contribution in [0.5, 0.6) is 0 Å². The molecule has 1 atom stereocenters. The van der Waals surface area contributed by atoms with Crippen LogP contribution >= 0.6 is 0 Å². The average molecular weight is 343 g/mol. The number of aromatic nitrogens is 3. The van der Waals surface area contributed by atoms with Gasteiger partial charge in [-0.3, -0.25) is 9.48 Å². The zero-order valence-electron chi connectivity index (χ0n) is 14.9. The third kappa shape index (κ3) is 3.09. The lowest BCUT2D eigenvalue weighted by Gasteiger charge is -2.56. The van der Waals surface area contributed by atoms with E-state index in [-0.39, 0.29) is 11.4 Å². The summed E-state index contributed by atoms with van der Waals surface area (Å²) in [4.78, 5) is 12.8. The average Bonchev–Trinajstić information content (AvgIpc) is 3.03. The number of nitrogens with one attached hydrogen (secondary N) is 2. The Morgan fingerprint density at radius 1 is 1.24 bits per heavy atom. The van der Waals surface area contributed by atoms with Gasteiger partial charge in [-0.05, 0) is 88.1 Å². The van der Waals surface area contributed by atoms with Crippen molar-refractivity contribution >= 4 is 5.91 Å². The number of carbonyl (C=O) groups excluding carboxylic acids is 1. The summed E-state index contributed by atoms with van der Waals surface area (Å²) in [5.41, 5.74) is 0.530. The van der Waals surface area contributed by atoms with Crippen molar-refractivity contribution < 1.29 is 4.79 Å². The summed E-state index contributed by atoms with van der Waals surface area (Å²) in [7, 11) is 0. The van der Waals surface area contributed by atoms with E-state index in [1.165, 1.54) is 51.4 Å². The molecule has 4 aliphatic carbocycles. The van der Waals surface area contributed by atoms with Crippen molar-refractivity contribution in [2.75, 3.05) is 13.1 Å². The molecule has 6 rings (SSSR count). The third-order valence-corrected chi connectivity index (χ3v) is 7.03. The van der Waals surface area contributed by atoms with E-state index < -0.39 is 0 Å². The van der Waals surface area contributed by atoms with Crippen LogP contribution in [0.2, 0.25) is 0 Å². The minimum Gasteiger partial charge on any atom is -0.345 e. The number of carbonyl (C=O) groups is 1. The fraction of sp³-hybridized carbons (Fsp3) is 0.842. The second-order valence-electron chi connectivity index (χ2n) is 9.19. The topological polar surface area (TPSA) is 71.8 Å². The van der Waals surface area contributed by atoms with Crippen molar-refractivity contribution in [3.63, 3.8) is 0 Å². The van der Waals surface area contributed by atoms with Gasteiger partial charge in [0.05, 0.1) is 6.20 Å². The molecule has 5 aliphatic rings. The molecule has 1 aliphatic heterocycles. The summed E-state index contributed by atoms with van der Waals surface area (Å²) in [6.07, 6.45) is 12.0. The maximum absolute atomic E-state index is 12.8. The van der Waals surface area contributed by atoms with Crippen LogP contribution in [0.1, 0.15) is 61.9 Å². The van der Waals surface area contributed by atoms with Crippen molar-refractivity contribution in [2.45, 2.75) is 63.5 Å². The molecule has 25 heavy (non-hydrogen) atoms. The van der Waals surface area contributed by atoms with Crippen LogP contribution in [0.4, 0.5) is 0 Å². The first kappa shape index (κ1) is 15.8. The fourth-order valence-corrected chi connectivity index (χ4v) is 6.40. The van der Waals surface area contributed by atoms with E-state index >= 15 is 0 Å². The van der Waals surface area contributed by atoms with Gasteiger partial charge >= 0.3 is 0 Å². The summed E-state index contributed by atoms with van der Waals surface area (Å²) >= 11 is 0. The van der Waals surface area contributed by atoms with E-state index in [4.69, 9.17) is 0 Å². The van der Waals surface area contributed by atoms with E-state index in [0.717, 1.165) is 37.4 Å². The van der Waals surface area contributed by atoms with Gasteiger partial charge in [-0.2, -0.15) is 0 Å². The van der Waals surface area contributed by atoms with Gasteiger partial charge < -0.3 is 10.6 Å². The minimum absolute atomic E-state index is 0.0185. The normalized spacial score (nSPS) is 39.5. The molecule has 5 fully saturated rings. The SMILES string of the molecule is O=C(NC12CC3CC(CC(C3)C1)C2)c1cn(C[C@@H]2CCCNC2)nn1. The largest absolute Gasteiger partial charge is 0.345 e. The van der Waals surface area contributed by atoms with Crippen molar-refractivity contribution in [2.24, 2.45) is 23.7 Å². The Kier molecular flexibility index (Phi) is 3.84. The van der Waals surface area contributed by atoms with Crippen LogP contribution in [0.15, 0.2) is 6.20 Å². The number of rotatable bonds is 4. The van der Waals surface area contributed by atoms with Gasteiger partial charge in [0.1, 0.15) is 0 Å². The summed E-state index contributed by atoms with van der Waals surface area (Å²) in [5, 5.41) is 15.2. The van der Waals surface area contributed by atoms with Crippen molar-refractivity contribution in [1.29, 1.82) is 0 Å². The molecule has 136 valence electrons. The molecule has 4 saturated carbocycles. The van der Waals surface area contributed by atoms with Crippen LogP contribution in [0, 0.1) is 23.7 Å². The highest BCUT2D eigenvalue weighted by Gasteiger charge is 2.51. The molecule has 1 aromatic heterocycles. The summed E-state index contributed by atoms with van der Waals surface area (Å²) in [6.45, 7) is 3.01. The van der Waals surface area contributed by atoms with Gasteiger partial charge in [-0.1, -0.05) is 5.21 Å². The predicted molar refractivity (Wildman–Crippen MR) is 94.0 cm³/mol. The second kappa shape index (κ2) is 6.08. The van der Waals surface area contributed by atoms with Gasteiger partial charge in [0.25, 0.3) is 5.91 Å². The molecular formula is C19H29N5O. The first-order valence-corrected chi connectivity index (χ1v) is 10.1. The zero-order valence-corrected chi connectivity index (χ0v) is 14.9. The molecule has 0 aromatic carbocycles. The molecule has 2 heterocycles. The first-order chi connectivity index (χ1) is 12.2. The Labute approximate surface area is 149 Å². The summed E-state index contributed by atoms with van der Waals surface area (Å²) < 4.78 is 1.85. The van der Waals surface area contributed by atoms with Gasteiger partial charge in [0, 0.05) is 12.1 Å². The lowest BCUT2D eigenvalue weighted by molar-refractivity contribution is -0.0167. The Morgan fingerprint density at radius 3 is 2.60 bits per heavy atom. The smallest absolute Gasteiger partial charge is 0.273 e. The van der Waals surface area contributed by atoms with E-state index in [1.807, 2.05) is 10.9 Å². The molecule has 1 amide bonds. The fourth-order valence-electron chi connectivity index (χ4n) is 6.40. The van der Waals surface area contributed by atoms with E-state index in [9.17, 15) is 4.79 Å². The van der Waals surface area contributed by atoms with Gasteiger partial charge in [0.15, 0.2) is 5.69 Å². The minimum atomic E-state index is -0.0185. The maximum atomic E-state index is 12.8. The lowest BCUT2D eigenvalue weighted by atomic mass is 9.53. The molecule has 4 bridgehead atoms. The van der Waals surface area contributed by atoms with E-state index in [1.54, 1.807) is 0 Å². The lowest BCUT2D eigenvalue weighted by Crippen LogP contribution is -2.59. The van der Waals surface area contributed by atoms with Crippen LogP contribution in [-0.4, -0.2) is 39.5 Å². The Bertz CT molecular complexity index is 613. The van der Waals surface area contributed by atoms with Gasteiger partial charge in [-0.25, -0.2) is 0 Å². The van der Waals surface area contributed by atoms with Crippen LogP contribution in [-0.2, 0) is 6.54 Å². The standard InChI is InChI=1S/C19H29N5O/c25-18(17-12-24(23-22-17)11-13-2-1-3-20-10-13)21-19-7-14-4-15(8-19)6-16(5-14)9-19/h12-16,20H,1-11H2,(H,21,25)/t13-,14?,15?,16?,19?/m1/s1.